The van der Waals surface area contributed by atoms with Gasteiger partial charge in [-0.3, -0.25) is 4.79 Å². The lowest BCUT2D eigenvalue weighted by Crippen LogP contribution is -2.16. The van der Waals surface area contributed by atoms with E-state index in [0.29, 0.717) is 21.4 Å². The van der Waals surface area contributed by atoms with Crippen LogP contribution < -0.4 is 10.1 Å². The summed E-state index contributed by atoms with van der Waals surface area (Å²) in [5.74, 6) is 0.503. The Morgan fingerprint density at radius 2 is 2.20 bits per heavy atom. The second kappa shape index (κ2) is 5.49. The molecule has 1 amide bonds. The zero-order valence-electron chi connectivity index (χ0n) is 7.88. The van der Waals surface area contributed by atoms with Gasteiger partial charge in [0, 0.05) is 17.1 Å². The van der Waals surface area contributed by atoms with Gasteiger partial charge in [0.2, 0.25) is 0 Å². The highest BCUT2D eigenvalue weighted by Crippen LogP contribution is 2.31. The molecule has 3 nitrogen and oxygen atoms in total. The smallest absolute Gasteiger partial charge is 0.276 e. The van der Waals surface area contributed by atoms with Crippen molar-refractivity contribution >= 4 is 41.1 Å². The number of amides is 1. The van der Waals surface area contributed by atoms with E-state index in [-0.39, 0.29) is 6.54 Å². The molecular formula is C9H9Cl2NO2S. The van der Waals surface area contributed by atoms with E-state index in [2.05, 4.69) is 17.9 Å². The quantitative estimate of drug-likeness (QED) is 0.825. The number of carbonyl (C=O) groups excluding carboxylic acids is 1. The number of methoxy groups -OCH3 is 1. The number of nitrogens with one attached hydrogen (secondary N) is 1. The fourth-order valence-electron chi connectivity index (χ4n) is 1.14. The third kappa shape index (κ3) is 3.48. The van der Waals surface area contributed by atoms with Crippen molar-refractivity contribution in [3.63, 3.8) is 0 Å². The molecule has 0 unspecified atom stereocenters. The zero-order valence-corrected chi connectivity index (χ0v) is 10.3. The summed E-state index contributed by atoms with van der Waals surface area (Å²) in [6.07, 6.45) is 0. The van der Waals surface area contributed by atoms with Crippen molar-refractivity contribution in [2.45, 2.75) is 6.54 Å². The topological polar surface area (TPSA) is 38.3 Å². The molecule has 1 rings (SSSR count). The van der Waals surface area contributed by atoms with Crippen LogP contribution in [0.1, 0.15) is 5.56 Å². The first-order valence-electron chi connectivity index (χ1n) is 4.03. The van der Waals surface area contributed by atoms with Crippen molar-refractivity contribution < 1.29 is 9.53 Å². The van der Waals surface area contributed by atoms with Crippen molar-refractivity contribution in [2.24, 2.45) is 0 Å². The summed E-state index contributed by atoms with van der Waals surface area (Å²) in [6.45, 7) is 0.270. The molecule has 0 aliphatic rings. The molecule has 1 aromatic rings. The fourth-order valence-corrected chi connectivity index (χ4v) is 1.84. The number of carbonyl (C=O) groups is 1. The highest BCUT2D eigenvalue weighted by molar-refractivity contribution is 7.96. The van der Waals surface area contributed by atoms with Crippen LogP contribution in [0.25, 0.3) is 0 Å². The maximum atomic E-state index is 10.6. The lowest BCUT2D eigenvalue weighted by atomic mass is 10.2. The highest BCUT2D eigenvalue weighted by Gasteiger charge is 2.09. The van der Waals surface area contributed by atoms with E-state index in [1.165, 1.54) is 7.11 Å². The van der Waals surface area contributed by atoms with E-state index >= 15 is 0 Å². The molecule has 0 saturated heterocycles. The van der Waals surface area contributed by atoms with E-state index in [4.69, 9.17) is 27.9 Å². The van der Waals surface area contributed by atoms with Gasteiger partial charge in [-0.1, -0.05) is 35.8 Å². The summed E-state index contributed by atoms with van der Waals surface area (Å²) in [4.78, 5) is 10.6. The number of hydrogen-bond donors (Lipinski definition) is 2. The van der Waals surface area contributed by atoms with Gasteiger partial charge in [-0.15, -0.1) is 0 Å². The summed E-state index contributed by atoms with van der Waals surface area (Å²) in [5.41, 5.74) is 0.706. The van der Waals surface area contributed by atoms with Crippen LogP contribution in [0.15, 0.2) is 12.1 Å². The first kappa shape index (κ1) is 12.5. The molecule has 0 aromatic heterocycles. The first-order chi connectivity index (χ1) is 7.04. The first-order valence-corrected chi connectivity index (χ1v) is 5.23. The maximum Gasteiger partial charge on any atom is 0.276 e. The van der Waals surface area contributed by atoms with Crippen molar-refractivity contribution in [2.75, 3.05) is 7.11 Å². The van der Waals surface area contributed by atoms with Gasteiger partial charge in [-0.05, 0) is 12.1 Å². The van der Waals surface area contributed by atoms with Gasteiger partial charge < -0.3 is 10.1 Å². The Kier molecular flexibility index (Phi) is 4.57. The highest BCUT2D eigenvalue weighted by atomic mass is 35.5. The van der Waals surface area contributed by atoms with Gasteiger partial charge in [0.25, 0.3) is 5.24 Å². The van der Waals surface area contributed by atoms with Crippen molar-refractivity contribution in [3.05, 3.63) is 27.7 Å². The molecule has 0 spiro atoms. The second-order valence-electron chi connectivity index (χ2n) is 2.74. The Morgan fingerprint density at radius 3 is 2.73 bits per heavy atom. The zero-order chi connectivity index (χ0) is 11.4. The van der Waals surface area contributed by atoms with Gasteiger partial charge in [-0.25, -0.2) is 0 Å². The van der Waals surface area contributed by atoms with E-state index in [1.807, 2.05) is 0 Å². The van der Waals surface area contributed by atoms with Crippen LogP contribution >= 0.6 is 35.8 Å². The Hall–Kier alpha value is -0.580. The number of benzene rings is 1. The summed E-state index contributed by atoms with van der Waals surface area (Å²) < 4.78 is 5.10. The molecule has 0 atom stereocenters. The van der Waals surface area contributed by atoms with Crippen LogP contribution in [0, 0.1) is 0 Å². The van der Waals surface area contributed by atoms with Gasteiger partial charge >= 0.3 is 0 Å². The average molecular weight is 266 g/mol. The fraction of sp³-hybridized carbons (Fsp3) is 0.222. The lowest BCUT2D eigenvalue weighted by Gasteiger charge is -2.10. The number of halogens is 2. The molecule has 0 bridgehead atoms. The number of rotatable bonds is 3. The molecule has 1 N–H and O–H groups in total. The van der Waals surface area contributed by atoms with E-state index in [1.54, 1.807) is 12.1 Å². The lowest BCUT2D eigenvalue weighted by molar-refractivity contribution is 0.260. The second-order valence-corrected chi connectivity index (χ2v) is 3.99. The molecule has 0 heterocycles. The minimum Gasteiger partial charge on any atom is -0.495 e. The Balaban J connectivity index is 2.98. The van der Waals surface area contributed by atoms with Gasteiger partial charge in [0.15, 0.2) is 0 Å². The molecule has 6 heteroatoms. The van der Waals surface area contributed by atoms with Crippen LogP contribution in [-0.2, 0) is 6.54 Å². The third-order valence-electron chi connectivity index (χ3n) is 1.72. The summed E-state index contributed by atoms with van der Waals surface area (Å²) in [7, 11) is 1.50. The Morgan fingerprint density at radius 1 is 1.53 bits per heavy atom. The standard InChI is InChI=1S/C9H9Cl2NO2S/c1-14-8-5(4-12-9(13)15)2-6(10)3-7(8)11/h2-3H,4H2,1H3,(H2,12,13,15). The largest absolute Gasteiger partial charge is 0.495 e. The number of thiol groups is 1. The summed E-state index contributed by atoms with van der Waals surface area (Å²) >= 11 is 15.3. The molecule has 82 valence electrons. The predicted molar refractivity (Wildman–Crippen MR) is 64.2 cm³/mol. The molecule has 0 aliphatic heterocycles. The minimum absolute atomic E-state index is 0.270. The Bertz CT molecular complexity index is 385. The maximum absolute atomic E-state index is 10.6. The van der Waals surface area contributed by atoms with Crippen LogP contribution in [0.5, 0.6) is 5.75 Å². The summed E-state index contributed by atoms with van der Waals surface area (Å²) in [5, 5.41) is 3.00. The number of ether oxygens (including phenoxy) is 1. The van der Waals surface area contributed by atoms with E-state index < -0.39 is 5.24 Å². The van der Waals surface area contributed by atoms with E-state index in [0.717, 1.165) is 0 Å². The molecule has 0 fully saturated rings. The molecule has 0 saturated carbocycles. The van der Waals surface area contributed by atoms with Gasteiger partial charge in [0.05, 0.1) is 12.1 Å². The molecule has 0 aliphatic carbocycles. The summed E-state index contributed by atoms with van der Waals surface area (Å²) in [6, 6.07) is 3.25. The normalized spacial score (nSPS) is 9.87. The SMILES string of the molecule is COc1c(Cl)cc(Cl)cc1CNC(=O)S. The monoisotopic (exact) mass is 265 g/mol. The van der Waals surface area contributed by atoms with E-state index in [9.17, 15) is 4.79 Å². The van der Waals surface area contributed by atoms with Gasteiger partial charge in [-0.2, -0.15) is 0 Å². The van der Waals surface area contributed by atoms with Crippen molar-refractivity contribution in [1.29, 1.82) is 0 Å². The van der Waals surface area contributed by atoms with Crippen LogP contribution in [-0.4, -0.2) is 12.3 Å². The average Bonchev–Trinajstić information content (AvgIpc) is 2.13. The molecular weight excluding hydrogens is 257 g/mol. The van der Waals surface area contributed by atoms with Crippen molar-refractivity contribution in [3.8, 4) is 5.75 Å². The Labute approximate surface area is 103 Å². The van der Waals surface area contributed by atoms with Crippen LogP contribution in [0.3, 0.4) is 0 Å². The minimum atomic E-state index is -0.423. The van der Waals surface area contributed by atoms with Crippen molar-refractivity contribution in [1.82, 2.24) is 5.32 Å². The van der Waals surface area contributed by atoms with Crippen LogP contribution in [0.2, 0.25) is 10.0 Å². The van der Waals surface area contributed by atoms with Gasteiger partial charge in [0.1, 0.15) is 5.75 Å². The molecule has 0 radical (unpaired) electrons. The van der Waals surface area contributed by atoms with Crippen LogP contribution in [0.4, 0.5) is 4.79 Å². The molecule has 15 heavy (non-hydrogen) atoms. The number of hydrogen-bond acceptors (Lipinski definition) is 2. The predicted octanol–water partition coefficient (Wildman–Crippen LogP) is 3.14. The molecule has 1 aromatic carbocycles. The third-order valence-corrected chi connectivity index (χ3v) is 2.38.